The number of amides is 4. The molecule has 0 bridgehead atoms. The van der Waals surface area contributed by atoms with Crippen LogP contribution < -0.4 is 10.6 Å². The van der Waals surface area contributed by atoms with Crippen LogP contribution in [0.2, 0.25) is 0 Å². The predicted octanol–water partition coefficient (Wildman–Crippen LogP) is 1.79. The number of esters is 1. The molecule has 4 amide bonds. The number of imide groups is 1. The van der Waals surface area contributed by atoms with Crippen molar-refractivity contribution < 1.29 is 29.0 Å². The number of anilines is 1. The van der Waals surface area contributed by atoms with Gasteiger partial charge in [-0.25, -0.2) is 9.59 Å². The molecule has 0 aliphatic carbocycles. The normalized spacial score (nSPS) is 15.9. The standard InChI is InChI=1S/C22H23N3O6/c1-22(2)20(29)25(21(30)24-22)12-17(26)13-31-19(28)15-9-6-10-16(11-15)23-18(27)14-7-4-3-5-8-14/h3-11,17,26H,12-13H2,1-2H3,(H,23,27)(H,24,30). The summed E-state index contributed by atoms with van der Waals surface area (Å²) in [6.45, 7) is 2.41. The van der Waals surface area contributed by atoms with Gasteiger partial charge in [-0.1, -0.05) is 24.3 Å². The third kappa shape index (κ3) is 5.26. The lowest BCUT2D eigenvalue weighted by molar-refractivity contribution is -0.131. The van der Waals surface area contributed by atoms with Crippen molar-refractivity contribution >= 4 is 29.5 Å². The molecule has 1 aliphatic heterocycles. The third-order valence-electron chi connectivity index (χ3n) is 4.64. The van der Waals surface area contributed by atoms with Crippen molar-refractivity contribution in [2.75, 3.05) is 18.5 Å². The summed E-state index contributed by atoms with van der Waals surface area (Å²) in [5.74, 6) is -1.50. The second-order valence-corrected chi connectivity index (χ2v) is 7.62. The molecule has 162 valence electrons. The summed E-state index contributed by atoms with van der Waals surface area (Å²) < 4.78 is 5.10. The molecule has 9 heteroatoms. The topological polar surface area (TPSA) is 125 Å². The van der Waals surface area contributed by atoms with E-state index in [0.717, 1.165) is 4.90 Å². The number of β-amino-alcohol motifs (C(OH)–C–C–N with tert-alkyl or cyclic N) is 1. The van der Waals surface area contributed by atoms with Crippen molar-refractivity contribution in [3.05, 3.63) is 65.7 Å². The summed E-state index contributed by atoms with van der Waals surface area (Å²) in [5, 5.41) is 15.3. The van der Waals surface area contributed by atoms with Gasteiger partial charge in [0.25, 0.3) is 11.8 Å². The minimum absolute atomic E-state index is 0.175. The van der Waals surface area contributed by atoms with Crippen LogP contribution in [0.4, 0.5) is 10.5 Å². The molecule has 1 fully saturated rings. The summed E-state index contributed by atoms with van der Waals surface area (Å²) in [7, 11) is 0. The van der Waals surface area contributed by atoms with E-state index in [0.29, 0.717) is 11.3 Å². The first-order valence-corrected chi connectivity index (χ1v) is 9.63. The molecule has 0 spiro atoms. The molecule has 1 aliphatic rings. The van der Waals surface area contributed by atoms with Gasteiger partial charge in [-0.15, -0.1) is 0 Å². The van der Waals surface area contributed by atoms with Crippen molar-refractivity contribution in [3.8, 4) is 0 Å². The fourth-order valence-corrected chi connectivity index (χ4v) is 3.02. The number of aliphatic hydroxyl groups is 1. The van der Waals surface area contributed by atoms with E-state index in [-0.39, 0.29) is 18.0 Å². The molecule has 0 aromatic heterocycles. The lowest BCUT2D eigenvalue weighted by Gasteiger charge is -2.19. The first-order chi connectivity index (χ1) is 14.7. The summed E-state index contributed by atoms with van der Waals surface area (Å²) in [6, 6.07) is 14.2. The van der Waals surface area contributed by atoms with E-state index in [1.807, 2.05) is 0 Å². The molecule has 2 aromatic carbocycles. The molecule has 1 atom stereocenters. The maximum Gasteiger partial charge on any atom is 0.338 e. The Morgan fingerprint density at radius 3 is 2.42 bits per heavy atom. The number of benzene rings is 2. The van der Waals surface area contributed by atoms with Crippen molar-refractivity contribution in [1.82, 2.24) is 10.2 Å². The van der Waals surface area contributed by atoms with Crippen LogP contribution in [-0.2, 0) is 9.53 Å². The summed E-state index contributed by atoms with van der Waals surface area (Å²) >= 11 is 0. The van der Waals surface area contributed by atoms with Crippen molar-refractivity contribution in [1.29, 1.82) is 0 Å². The van der Waals surface area contributed by atoms with Gasteiger partial charge in [-0.05, 0) is 44.2 Å². The molecule has 31 heavy (non-hydrogen) atoms. The highest BCUT2D eigenvalue weighted by molar-refractivity contribution is 6.06. The van der Waals surface area contributed by atoms with Crippen molar-refractivity contribution in [2.45, 2.75) is 25.5 Å². The number of nitrogens with one attached hydrogen (secondary N) is 2. The number of hydrogen-bond acceptors (Lipinski definition) is 6. The van der Waals surface area contributed by atoms with E-state index in [4.69, 9.17) is 4.74 Å². The fourth-order valence-electron chi connectivity index (χ4n) is 3.02. The van der Waals surface area contributed by atoms with Crippen LogP contribution in [0.1, 0.15) is 34.6 Å². The van der Waals surface area contributed by atoms with E-state index >= 15 is 0 Å². The van der Waals surface area contributed by atoms with Crippen LogP contribution in [0.3, 0.4) is 0 Å². The Hall–Kier alpha value is -3.72. The van der Waals surface area contributed by atoms with Crippen LogP contribution in [0, 0.1) is 0 Å². The van der Waals surface area contributed by atoms with Crippen molar-refractivity contribution in [3.63, 3.8) is 0 Å². The maximum absolute atomic E-state index is 12.3. The highest BCUT2D eigenvalue weighted by Gasteiger charge is 2.44. The Kier molecular flexibility index (Phi) is 6.36. The lowest BCUT2D eigenvalue weighted by Crippen LogP contribution is -2.42. The Bertz CT molecular complexity index is 1010. The average Bonchev–Trinajstić information content (AvgIpc) is 2.94. The van der Waals surface area contributed by atoms with Crippen LogP contribution in [0.25, 0.3) is 0 Å². The summed E-state index contributed by atoms with van der Waals surface area (Å²) in [6.07, 6.45) is -1.24. The molecule has 9 nitrogen and oxygen atoms in total. The maximum atomic E-state index is 12.3. The van der Waals surface area contributed by atoms with Crippen LogP contribution in [0.15, 0.2) is 54.6 Å². The number of ether oxygens (including phenoxy) is 1. The van der Waals surface area contributed by atoms with E-state index in [9.17, 15) is 24.3 Å². The zero-order valence-corrected chi connectivity index (χ0v) is 17.1. The number of urea groups is 1. The zero-order chi connectivity index (χ0) is 22.6. The van der Waals surface area contributed by atoms with Crippen LogP contribution >= 0.6 is 0 Å². The minimum atomic E-state index is -1.24. The fraction of sp³-hybridized carbons (Fsp3) is 0.273. The van der Waals surface area contributed by atoms with E-state index < -0.39 is 36.2 Å². The Morgan fingerprint density at radius 1 is 1.10 bits per heavy atom. The molecule has 0 radical (unpaired) electrons. The Balaban J connectivity index is 1.55. The molecule has 3 rings (SSSR count). The van der Waals surface area contributed by atoms with E-state index in [1.54, 1.807) is 56.3 Å². The SMILES string of the molecule is CC1(C)NC(=O)N(CC(O)COC(=O)c2cccc(NC(=O)c3ccccc3)c2)C1=O. The second kappa shape index (κ2) is 8.97. The van der Waals surface area contributed by atoms with E-state index in [2.05, 4.69) is 10.6 Å². The Morgan fingerprint density at radius 2 is 1.77 bits per heavy atom. The van der Waals surface area contributed by atoms with Gasteiger partial charge in [-0.3, -0.25) is 14.5 Å². The van der Waals surface area contributed by atoms with Crippen LogP contribution in [0.5, 0.6) is 0 Å². The summed E-state index contributed by atoms with van der Waals surface area (Å²) in [5.41, 5.74) is 0.0137. The quantitative estimate of drug-likeness (QED) is 0.459. The van der Waals surface area contributed by atoms with Gasteiger partial charge in [0.05, 0.1) is 12.1 Å². The van der Waals surface area contributed by atoms with Gasteiger partial charge >= 0.3 is 12.0 Å². The van der Waals surface area contributed by atoms with Gasteiger partial charge in [0.1, 0.15) is 18.2 Å². The van der Waals surface area contributed by atoms with Gasteiger partial charge < -0.3 is 20.5 Å². The molecule has 1 unspecified atom stereocenters. The average molecular weight is 425 g/mol. The largest absolute Gasteiger partial charge is 0.459 e. The third-order valence-corrected chi connectivity index (χ3v) is 4.64. The number of aliphatic hydroxyl groups excluding tert-OH is 1. The van der Waals surface area contributed by atoms with E-state index in [1.165, 1.54) is 12.1 Å². The second-order valence-electron chi connectivity index (χ2n) is 7.62. The monoisotopic (exact) mass is 425 g/mol. The number of rotatable bonds is 7. The molecule has 3 N–H and O–H groups in total. The number of carbonyl (C=O) groups excluding carboxylic acids is 4. The molecular formula is C22H23N3O6. The van der Waals surface area contributed by atoms with Crippen LogP contribution in [-0.4, -0.2) is 58.6 Å². The Labute approximate surface area is 179 Å². The molecule has 1 saturated heterocycles. The molecule has 1 heterocycles. The molecular weight excluding hydrogens is 402 g/mol. The zero-order valence-electron chi connectivity index (χ0n) is 17.1. The highest BCUT2D eigenvalue weighted by Crippen LogP contribution is 2.17. The minimum Gasteiger partial charge on any atom is -0.459 e. The lowest BCUT2D eigenvalue weighted by atomic mass is 10.1. The van der Waals surface area contributed by atoms with Gasteiger partial charge in [0.2, 0.25) is 0 Å². The van der Waals surface area contributed by atoms with Gasteiger partial charge in [0, 0.05) is 11.3 Å². The first-order valence-electron chi connectivity index (χ1n) is 9.63. The summed E-state index contributed by atoms with van der Waals surface area (Å²) in [4.78, 5) is 49.5. The smallest absolute Gasteiger partial charge is 0.338 e. The van der Waals surface area contributed by atoms with Crippen molar-refractivity contribution in [2.24, 2.45) is 0 Å². The first kappa shape index (κ1) is 22.0. The number of carbonyl (C=O) groups is 4. The molecule has 2 aromatic rings. The highest BCUT2D eigenvalue weighted by atomic mass is 16.5. The molecule has 0 saturated carbocycles. The van der Waals surface area contributed by atoms with Gasteiger partial charge in [-0.2, -0.15) is 0 Å². The number of nitrogens with zero attached hydrogens (tertiary/aromatic N) is 1. The predicted molar refractivity (Wildman–Crippen MR) is 111 cm³/mol. The van der Waals surface area contributed by atoms with Gasteiger partial charge in [0.15, 0.2) is 0 Å². The number of hydrogen-bond donors (Lipinski definition) is 3.